The number of aryl methyl sites for hydroxylation is 2. The van der Waals surface area contributed by atoms with E-state index in [4.69, 9.17) is 4.42 Å². The van der Waals surface area contributed by atoms with E-state index in [1.54, 1.807) is 32.3 Å². The van der Waals surface area contributed by atoms with Crippen LogP contribution in [0.25, 0.3) is 0 Å². The number of aromatic hydroxyl groups is 1. The van der Waals surface area contributed by atoms with Gasteiger partial charge in [-0.1, -0.05) is 26.3 Å². The largest absolute Gasteiger partial charge is 0.505 e. The molecule has 0 saturated heterocycles. The number of nitrogens with one attached hydrogen (secondary N) is 2. The van der Waals surface area contributed by atoms with Gasteiger partial charge < -0.3 is 25.1 Å². The van der Waals surface area contributed by atoms with Crippen molar-refractivity contribution in [2.45, 2.75) is 40.7 Å². The van der Waals surface area contributed by atoms with Gasteiger partial charge in [0.25, 0.3) is 17.1 Å². The molecular formula is C22H31N5O4S. The number of carbonyl (C=O) groups excluding carboxylic acids is 1. The van der Waals surface area contributed by atoms with Crippen molar-refractivity contribution >= 4 is 34.3 Å². The van der Waals surface area contributed by atoms with Crippen LogP contribution in [0.4, 0.5) is 5.69 Å². The van der Waals surface area contributed by atoms with Crippen LogP contribution in [0.2, 0.25) is 0 Å². The number of para-hydroxylation sites is 1. The molecule has 1 aliphatic rings. The molecule has 0 radical (unpaired) electrons. The van der Waals surface area contributed by atoms with Crippen LogP contribution in [0.1, 0.15) is 47.7 Å². The molecule has 1 atom stereocenters. The van der Waals surface area contributed by atoms with Gasteiger partial charge in [0.05, 0.1) is 24.3 Å². The van der Waals surface area contributed by atoms with Gasteiger partial charge in [-0.05, 0) is 37.6 Å². The van der Waals surface area contributed by atoms with Crippen molar-refractivity contribution < 1.29 is 18.5 Å². The topological polar surface area (TPSA) is 120 Å². The molecular weight excluding hydrogens is 430 g/mol. The van der Waals surface area contributed by atoms with E-state index in [-0.39, 0.29) is 23.8 Å². The molecule has 0 fully saturated rings. The molecule has 0 aliphatic carbocycles. The average molecular weight is 462 g/mol. The van der Waals surface area contributed by atoms with E-state index in [1.165, 1.54) is 11.3 Å². The quantitative estimate of drug-likeness (QED) is 0.568. The molecule has 1 unspecified atom stereocenters. The van der Waals surface area contributed by atoms with Crippen molar-refractivity contribution in [1.82, 2.24) is 10.2 Å². The molecule has 0 saturated carbocycles. The third kappa shape index (κ3) is 6.43. The van der Waals surface area contributed by atoms with Crippen molar-refractivity contribution in [2.75, 3.05) is 26.0 Å². The Morgan fingerprint density at radius 2 is 1.84 bits per heavy atom. The lowest BCUT2D eigenvalue weighted by Gasteiger charge is -2.15. The summed E-state index contributed by atoms with van der Waals surface area (Å²) in [5.74, 6) is 1.51. The van der Waals surface area contributed by atoms with E-state index in [9.17, 15) is 14.1 Å². The molecule has 2 aromatic rings. The van der Waals surface area contributed by atoms with E-state index < -0.39 is 11.2 Å². The van der Waals surface area contributed by atoms with E-state index >= 15 is 0 Å². The molecule has 10 heteroatoms. The van der Waals surface area contributed by atoms with Gasteiger partial charge in [0.1, 0.15) is 17.2 Å². The third-order valence-electron chi connectivity index (χ3n) is 4.40. The second kappa shape index (κ2) is 11.5. The molecule has 1 aromatic heterocycles. The Kier molecular flexibility index (Phi) is 9.01. The number of rotatable bonds is 6. The van der Waals surface area contributed by atoms with Crippen LogP contribution in [0.5, 0.6) is 5.75 Å². The number of furan rings is 1. The number of amidine groups is 1. The van der Waals surface area contributed by atoms with Gasteiger partial charge in [-0.15, -0.1) is 4.40 Å². The summed E-state index contributed by atoms with van der Waals surface area (Å²) in [4.78, 5) is 13.5. The second-order valence-electron chi connectivity index (χ2n) is 7.48. The molecule has 0 spiro atoms. The number of anilines is 1. The summed E-state index contributed by atoms with van der Waals surface area (Å²) in [7, 11) is 3.22. The van der Waals surface area contributed by atoms with Crippen LogP contribution in [0.15, 0.2) is 37.5 Å². The maximum Gasteiger partial charge on any atom is 0.268 e. The predicted molar refractivity (Wildman–Crippen MR) is 129 cm³/mol. The first-order valence-corrected chi connectivity index (χ1v) is 11.4. The first kappa shape index (κ1) is 25.1. The smallest absolute Gasteiger partial charge is 0.268 e. The van der Waals surface area contributed by atoms with E-state index in [1.807, 2.05) is 19.9 Å². The lowest BCUT2D eigenvalue weighted by Crippen LogP contribution is -2.33. The van der Waals surface area contributed by atoms with Crippen molar-refractivity contribution in [3.8, 4) is 5.75 Å². The summed E-state index contributed by atoms with van der Waals surface area (Å²) in [6, 6.07) is 6.79. The number of hydrogen-bond acceptors (Lipinski definition) is 6. The van der Waals surface area contributed by atoms with Crippen molar-refractivity contribution in [2.24, 2.45) is 8.80 Å². The van der Waals surface area contributed by atoms with Gasteiger partial charge in [-0.25, -0.2) is 4.21 Å². The highest BCUT2D eigenvalue weighted by Gasteiger charge is 2.21. The molecule has 174 valence electrons. The highest BCUT2D eigenvalue weighted by Crippen LogP contribution is 2.28. The van der Waals surface area contributed by atoms with Gasteiger partial charge in [0, 0.05) is 14.1 Å². The predicted octanol–water partition coefficient (Wildman–Crippen LogP) is 3.35. The lowest BCUT2D eigenvalue weighted by molar-refractivity contribution is 0.0824. The first-order chi connectivity index (χ1) is 15.2. The summed E-state index contributed by atoms with van der Waals surface area (Å²) in [5, 5.41) is 16.5. The first-order valence-electron chi connectivity index (χ1n) is 10.3. The Morgan fingerprint density at radius 3 is 2.44 bits per heavy atom. The monoisotopic (exact) mass is 461 g/mol. The fraction of sp³-hybridized carbons (Fsp3) is 0.409. The normalized spacial score (nSPS) is 14.8. The Morgan fingerprint density at radius 1 is 1.16 bits per heavy atom. The van der Waals surface area contributed by atoms with Gasteiger partial charge in [-0.2, -0.15) is 4.40 Å². The molecule has 0 bridgehead atoms. The van der Waals surface area contributed by atoms with Crippen LogP contribution < -0.4 is 10.6 Å². The highest BCUT2D eigenvalue weighted by molar-refractivity contribution is 7.83. The van der Waals surface area contributed by atoms with E-state index in [0.29, 0.717) is 23.8 Å². The molecule has 32 heavy (non-hydrogen) atoms. The Hall–Kier alpha value is -3.14. The van der Waals surface area contributed by atoms with Gasteiger partial charge in [0.15, 0.2) is 11.6 Å². The average Bonchev–Trinajstić information content (AvgIpc) is 3.26. The standard InChI is InChI=1S/C19H23N5O4S.C3H8/c1-11-8-13(28-12(11)2)9-21-18-16(22-29(27)23-18)10-20-15-7-5-6-14(17(15)25)19(26)24(3)4;1-3-2/h5-8,20,25H,9-10H2,1-4H3,(H,21,23);3H2,1-2H3. The zero-order valence-corrected chi connectivity index (χ0v) is 20.2. The summed E-state index contributed by atoms with van der Waals surface area (Å²) < 4.78 is 25.4. The minimum absolute atomic E-state index is 0.154. The summed E-state index contributed by atoms with van der Waals surface area (Å²) in [6.45, 7) is 8.64. The number of benzene rings is 1. The fourth-order valence-corrected chi connectivity index (χ4v) is 3.43. The number of nitrogens with zero attached hydrogens (tertiary/aromatic N) is 3. The maximum absolute atomic E-state index is 12.2. The van der Waals surface area contributed by atoms with Crippen molar-refractivity contribution in [3.05, 3.63) is 46.9 Å². The van der Waals surface area contributed by atoms with Gasteiger partial charge >= 0.3 is 0 Å². The van der Waals surface area contributed by atoms with E-state index in [0.717, 1.165) is 17.1 Å². The minimum atomic E-state index is -1.70. The minimum Gasteiger partial charge on any atom is -0.505 e. The van der Waals surface area contributed by atoms with Gasteiger partial charge in [0.2, 0.25) is 0 Å². The lowest BCUT2D eigenvalue weighted by atomic mass is 10.1. The number of phenolic OH excluding ortho intramolecular Hbond substituents is 1. The zero-order valence-electron chi connectivity index (χ0n) is 19.4. The number of phenols is 1. The van der Waals surface area contributed by atoms with Crippen LogP contribution in [-0.2, 0) is 17.7 Å². The number of amides is 1. The second-order valence-corrected chi connectivity index (χ2v) is 8.30. The maximum atomic E-state index is 12.2. The summed E-state index contributed by atoms with van der Waals surface area (Å²) >= 11 is -1.70. The highest BCUT2D eigenvalue weighted by atomic mass is 32.2. The molecule has 2 heterocycles. The molecule has 3 rings (SSSR count). The summed E-state index contributed by atoms with van der Waals surface area (Å²) in [6.07, 6.45) is 1.25. The molecule has 1 amide bonds. The molecule has 3 N–H and O–H groups in total. The van der Waals surface area contributed by atoms with Crippen LogP contribution in [-0.4, -0.2) is 52.3 Å². The van der Waals surface area contributed by atoms with Gasteiger partial charge in [-0.3, -0.25) is 4.79 Å². The van der Waals surface area contributed by atoms with Crippen molar-refractivity contribution in [1.29, 1.82) is 0 Å². The van der Waals surface area contributed by atoms with Crippen molar-refractivity contribution in [3.63, 3.8) is 0 Å². The Balaban J connectivity index is 0.00000114. The molecule has 1 aromatic carbocycles. The zero-order chi connectivity index (χ0) is 23.8. The number of hydrogen-bond donors (Lipinski definition) is 3. The molecule has 1 aliphatic heterocycles. The fourth-order valence-electron chi connectivity index (χ4n) is 2.73. The van der Waals surface area contributed by atoms with Crippen LogP contribution >= 0.6 is 0 Å². The number of carbonyl (C=O) groups is 1. The SMILES string of the molecule is CCC.Cc1cc(CNC2=NS(=O)N=C2CNc2cccc(C(=O)N(C)C)c2O)oc1C. The summed E-state index contributed by atoms with van der Waals surface area (Å²) in [5.41, 5.74) is 2.06. The Labute approximate surface area is 191 Å². The van der Waals surface area contributed by atoms with Crippen LogP contribution in [0, 0.1) is 13.8 Å². The van der Waals surface area contributed by atoms with E-state index in [2.05, 4.69) is 33.3 Å². The molecule has 9 nitrogen and oxygen atoms in total. The Bertz CT molecular complexity index is 1020. The van der Waals surface area contributed by atoms with Crippen LogP contribution in [0.3, 0.4) is 0 Å². The third-order valence-corrected chi connectivity index (χ3v) is 5.11.